The molecule has 0 fully saturated rings. The normalized spacial score (nSPS) is 10.2. The van der Waals surface area contributed by atoms with Crippen molar-refractivity contribution in [2.45, 2.75) is 32.1 Å². The van der Waals surface area contributed by atoms with Gasteiger partial charge in [-0.25, -0.2) is 0 Å². The summed E-state index contributed by atoms with van der Waals surface area (Å²) in [5, 5.41) is 0. The molecule has 0 saturated heterocycles. The first-order chi connectivity index (χ1) is 9.72. The molecule has 0 atom stereocenters. The number of methoxy groups -OCH3 is 1. The first kappa shape index (κ1) is 16.8. The molecule has 0 heterocycles. The van der Waals surface area contributed by atoms with Crippen molar-refractivity contribution in [1.29, 1.82) is 0 Å². The highest BCUT2D eigenvalue weighted by Gasteiger charge is 2.08. The summed E-state index contributed by atoms with van der Waals surface area (Å²) in [5.74, 6) is 0.889. The molecule has 0 aromatic heterocycles. The van der Waals surface area contributed by atoms with Crippen LogP contribution >= 0.6 is 11.8 Å². The lowest BCUT2D eigenvalue weighted by atomic mass is 10.1. The summed E-state index contributed by atoms with van der Waals surface area (Å²) in [5.41, 5.74) is 1.38. The van der Waals surface area contributed by atoms with Gasteiger partial charge in [0.15, 0.2) is 5.78 Å². The fourth-order valence-electron chi connectivity index (χ4n) is 1.82. The van der Waals surface area contributed by atoms with Gasteiger partial charge in [0.2, 0.25) is 0 Å². The smallest absolute Gasteiger partial charge is 0.313 e. The van der Waals surface area contributed by atoms with Crippen LogP contribution in [-0.4, -0.2) is 30.4 Å². The van der Waals surface area contributed by atoms with E-state index in [2.05, 4.69) is 29.0 Å². The zero-order valence-electron chi connectivity index (χ0n) is 12.0. The van der Waals surface area contributed by atoms with Crippen molar-refractivity contribution in [1.82, 2.24) is 0 Å². The second kappa shape index (κ2) is 10.5. The zero-order valence-corrected chi connectivity index (χ0v) is 12.8. The van der Waals surface area contributed by atoms with Gasteiger partial charge in [0.25, 0.3) is 0 Å². The number of carbonyl (C=O) groups excluding carboxylic acids is 2. The molecule has 1 rings (SSSR count). The number of rotatable bonds is 10. The first-order valence-electron chi connectivity index (χ1n) is 6.92. The van der Waals surface area contributed by atoms with E-state index in [1.165, 1.54) is 25.5 Å². The fourth-order valence-corrected chi connectivity index (χ4v) is 2.71. The van der Waals surface area contributed by atoms with Crippen molar-refractivity contribution in [3.05, 3.63) is 35.9 Å². The van der Waals surface area contributed by atoms with Crippen LogP contribution in [0.4, 0.5) is 0 Å². The highest BCUT2D eigenvalue weighted by Crippen LogP contribution is 2.10. The van der Waals surface area contributed by atoms with Gasteiger partial charge in [0.05, 0.1) is 12.9 Å². The molecule has 0 unspecified atom stereocenters. The van der Waals surface area contributed by atoms with Crippen molar-refractivity contribution in [3.8, 4) is 0 Å². The largest absolute Gasteiger partial charge is 0.469 e. The van der Waals surface area contributed by atoms with Crippen molar-refractivity contribution < 1.29 is 14.3 Å². The lowest BCUT2D eigenvalue weighted by molar-refractivity contribution is -0.142. The summed E-state index contributed by atoms with van der Waals surface area (Å²) >= 11 is 1.60. The molecule has 4 heteroatoms. The minimum Gasteiger partial charge on any atom is -0.469 e. The number of aryl methyl sites for hydroxylation is 1. The average molecular weight is 294 g/mol. The number of carbonyl (C=O) groups is 2. The van der Waals surface area contributed by atoms with E-state index in [0.29, 0.717) is 5.75 Å². The molecule has 0 amide bonds. The number of benzene rings is 1. The standard InChI is InChI=1S/C16H22O3S/c1-19-16(18)12-15(17)13-20-11-7-3-6-10-14-8-4-2-5-9-14/h2,4-5,8-9H,3,6-7,10-13H2,1H3. The van der Waals surface area contributed by atoms with Gasteiger partial charge < -0.3 is 4.74 Å². The Kier molecular flexibility index (Phi) is 8.79. The maximum Gasteiger partial charge on any atom is 0.313 e. The number of unbranched alkanes of at least 4 members (excludes halogenated alkanes) is 2. The van der Waals surface area contributed by atoms with Gasteiger partial charge in [0, 0.05) is 0 Å². The molecule has 1 aromatic carbocycles. The van der Waals surface area contributed by atoms with Crippen molar-refractivity contribution in [3.63, 3.8) is 0 Å². The number of hydrogen-bond acceptors (Lipinski definition) is 4. The molecule has 0 bridgehead atoms. The van der Waals surface area contributed by atoms with Crippen LogP contribution in [0, 0.1) is 0 Å². The Morgan fingerprint density at radius 2 is 1.85 bits per heavy atom. The topological polar surface area (TPSA) is 43.4 Å². The van der Waals surface area contributed by atoms with Crippen LogP contribution < -0.4 is 0 Å². The second-order valence-electron chi connectivity index (χ2n) is 4.64. The molecule has 0 spiro atoms. The van der Waals surface area contributed by atoms with E-state index >= 15 is 0 Å². The van der Waals surface area contributed by atoms with Gasteiger partial charge >= 0.3 is 5.97 Å². The SMILES string of the molecule is COC(=O)CC(=O)CSCCCCCc1ccccc1. The summed E-state index contributed by atoms with van der Waals surface area (Å²) in [6.45, 7) is 0. The quantitative estimate of drug-likeness (QED) is 0.377. The number of Topliss-reactive ketones (excluding diaryl/α,β-unsaturated/α-hetero) is 1. The Labute approximate surface area is 125 Å². The molecule has 3 nitrogen and oxygen atoms in total. The van der Waals surface area contributed by atoms with Crippen LogP contribution in [0.25, 0.3) is 0 Å². The second-order valence-corrected chi connectivity index (χ2v) is 5.75. The molecule has 0 N–H and O–H groups in total. The van der Waals surface area contributed by atoms with Gasteiger partial charge in [-0.05, 0) is 30.6 Å². The minimum atomic E-state index is -0.446. The molecule has 1 aromatic rings. The highest BCUT2D eigenvalue weighted by atomic mass is 32.2. The molecule has 0 saturated carbocycles. The fraction of sp³-hybridized carbons (Fsp3) is 0.500. The number of hydrogen-bond donors (Lipinski definition) is 0. The average Bonchev–Trinajstić information content (AvgIpc) is 2.47. The molecule has 110 valence electrons. The predicted molar refractivity (Wildman–Crippen MR) is 83.0 cm³/mol. The Bertz CT molecular complexity index is 403. The summed E-state index contributed by atoms with van der Waals surface area (Å²) in [6.07, 6.45) is 4.49. The van der Waals surface area contributed by atoms with Gasteiger partial charge in [-0.1, -0.05) is 36.8 Å². The molecular formula is C16H22O3S. The van der Waals surface area contributed by atoms with E-state index in [-0.39, 0.29) is 12.2 Å². The summed E-state index contributed by atoms with van der Waals surface area (Å²) < 4.78 is 4.45. The number of esters is 1. The lowest BCUT2D eigenvalue weighted by Gasteiger charge is -2.02. The maximum atomic E-state index is 11.4. The summed E-state index contributed by atoms with van der Waals surface area (Å²) in [6, 6.07) is 10.5. The van der Waals surface area contributed by atoms with Gasteiger partial charge in [0.1, 0.15) is 6.42 Å². The lowest BCUT2D eigenvalue weighted by Crippen LogP contribution is -2.11. The molecule has 0 aliphatic heterocycles. The molecule has 20 heavy (non-hydrogen) atoms. The van der Waals surface area contributed by atoms with E-state index < -0.39 is 5.97 Å². The van der Waals surface area contributed by atoms with Crippen LogP contribution in [0.2, 0.25) is 0 Å². The van der Waals surface area contributed by atoms with Gasteiger partial charge in [-0.2, -0.15) is 11.8 Å². The third kappa shape index (κ3) is 8.00. The Morgan fingerprint density at radius 3 is 2.55 bits per heavy atom. The van der Waals surface area contributed by atoms with E-state index in [0.717, 1.165) is 18.6 Å². The van der Waals surface area contributed by atoms with Crippen molar-refractivity contribution >= 4 is 23.5 Å². The van der Waals surface area contributed by atoms with Crippen molar-refractivity contribution in [2.75, 3.05) is 18.6 Å². The van der Waals surface area contributed by atoms with Gasteiger partial charge in [-0.3, -0.25) is 9.59 Å². The molecule has 0 radical (unpaired) electrons. The van der Waals surface area contributed by atoms with Crippen LogP contribution in [0.3, 0.4) is 0 Å². The van der Waals surface area contributed by atoms with Crippen LogP contribution in [-0.2, 0) is 20.7 Å². The zero-order chi connectivity index (χ0) is 14.6. The van der Waals surface area contributed by atoms with Crippen molar-refractivity contribution in [2.24, 2.45) is 0 Å². The Morgan fingerprint density at radius 1 is 1.10 bits per heavy atom. The molecule has 0 aliphatic carbocycles. The van der Waals surface area contributed by atoms with Crippen LogP contribution in [0.15, 0.2) is 30.3 Å². The van der Waals surface area contributed by atoms with Gasteiger partial charge in [-0.15, -0.1) is 0 Å². The third-order valence-electron chi connectivity index (χ3n) is 2.93. The Hall–Kier alpha value is -1.29. The minimum absolute atomic E-state index is 0.0499. The Balaban J connectivity index is 1.95. The third-order valence-corrected chi connectivity index (χ3v) is 4.03. The van der Waals surface area contributed by atoms with Crippen LogP contribution in [0.1, 0.15) is 31.2 Å². The number of thioether (sulfide) groups is 1. The summed E-state index contributed by atoms with van der Waals surface area (Å²) in [4.78, 5) is 22.2. The first-order valence-corrected chi connectivity index (χ1v) is 8.08. The van der Waals surface area contributed by atoms with Crippen LogP contribution in [0.5, 0.6) is 0 Å². The highest BCUT2D eigenvalue weighted by molar-refractivity contribution is 7.99. The monoisotopic (exact) mass is 294 g/mol. The predicted octanol–water partition coefficient (Wildman–Crippen LogP) is 3.26. The number of ketones is 1. The molecule has 0 aliphatic rings. The van der Waals surface area contributed by atoms with E-state index in [1.807, 2.05) is 6.07 Å². The van der Waals surface area contributed by atoms with E-state index in [1.54, 1.807) is 11.8 Å². The number of ether oxygens (including phenoxy) is 1. The maximum absolute atomic E-state index is 11.4. The van der Waals surface area contributed by atoms with E-state index in [9.17, 15) is 9.59 Å². The van der Waals surface area contributed by atoms with E-state index in [4.69, 9.17) is 0 Å². The molecular weight excluding hydrogens is 272 g/mol. The summed E-state index contributed by atoms with van der Waals surface area (Å²) in [7, 11) is 1.30.